The average Bonchev–Trinajstić information content (AvgIpc) is 3.04. The largest absolute Gasteiger partial charge is 0.357 e. The summed E-state index contributed by atoms with van der Waals surface area (Å²) >= 11 is 0. The van der Waals surface area contributed by atoms with Crippen LogP contribution in [0.15, 0.2) is 60.9 Å². The van der Waals surface area contributed by atoms with Crippen molar-refractivity contribution in [1.29, 1.82) is 0 Å². The number of benzene rings is 2. The molecule has 3 aromatic rings. The number of nitrogens with one attached hydrogen (secondary N) is 1. The Morgan fingerprint density at radius 1 is 0.955 bits per heavy atom. The Morgan fingerprint density at radius 3 is 2.05 bits per heavy atom. The molecule has 1 heterocycles. The fraction of sp³-hybridized carbons (Fsp3) is 0.211. The van der Waals surface area contributed by atoms with Gasteiger partial charge in [-0.15, -0.1) is 0 Å². The van der Waals surface area contributed by atoms with Gasteiger partial charge in [-0.2, -0.15) is 0 Å². The van der Waals surface area contributed by atoms with E-state index < -0.39 is 0 Å². The van der Waals surface area contributed by atoms with Gasteiger partial charge in [0.25, 0.3) is 0 Å². The molecule has 0 saturated heterocycles. The third kappa shape index (κ3) is 3.14. The summed E-state index contributed by atoms with van der Waals surface area (Å²) in [6, 6.07) is 17.4. The highest BCUT2D eigenvalue weighted by atomic mass is 14.9. The van der Waals surface area contributed by atoms with E-state index in [9.17, 15) is 0 Å². The zero-order valence-electron chi connectivity index (χ0n) is 13.2. The van der Waals surface area contributed by atoms with Crippen LogP contribution >= 0.6 is 0 Å². The lowest BCUT2D eigenvalue weighted by molar-refractivity contribution is 0.892. The lowest BCUT2D eigenvalue weighted by atomic mass is 9.65. The molecular formula is C19H21BN2. The first-order valence-electron chi connectivity index (χ1n) is 7.85. The first-order valence-corrected chi connectivity index (χ1v) is 7.85. The van der Waals surface area contributed by atoms with Crippen molar-refractivity contribution >= 4 is 13.0 Å². The minimum absolute atomic E-state index is 0.410. The molecule has 0 fully saturated rings. The zero-order chi connectivity index (χ0) is 15.4. The van der Waals surface area contributed by atoms with Gasteiger partial charge in [-0.1, -0.05) is 54.9 Å². The maximum Gasteiger partial charge on any atom is 0.205 e. The van der Waals surface area contributed by atoms with Crippen LogP contribution in [0.4, 0.5) is 0 Å². The maximum absolute atomic E-state index is 4.36. The van der Waals surface area contributed by atoms with Crippen molar-refractivity contribution in [3.05, 3.63) is 83.2 Å². The smallest absolute Gasteiger partial charge is 0.205 e. The number of aryl methyl sites for hydroxylation is 2. The molecule has 0 amide bonds. The van der Waals surface area contributed by atoms with Gasteiger partial charge in [0.1, 0.15) is 0 Å². The summed E-state index contributed by atoms with van der Waals surface area (Å²) in [5, 5.41) is 0. The number of nitrogens with zero attached hydrogens (tertiary/aromatic N) is 1. The van der Waals surface area contributed by atoms with Gasteiger partial charge in [0.05, 0.1) is 5.72 Å². The number of aromatic amines is 1. The van der Waals surface area contributed by atoms with E-state index in [1.165, 1.54) is 22.3 Å². The van der Waals surface area contributed by atoms with Crippen LogP contribution in [-0.2, 0) is 0 Å². The number of imidazole rings is 1. The Labute approximate surface area is 132 Å². The molecule has 0 spiro atoms. The van der Waals surface area contributed by atoms with Crippen LogP contribution in [0.25, 0.3) is 0 Å². The van der Waals surface area contributed by atoms with E-state index in [-0.39, 0.29) is 0 Å². The van der Waals surface area contributed by atoms with E-state index in [1.807, 2.05) is 12.4 Å². The number of hydrogen-bond acceptors (Lipinski definition) is 1. The van der Waals surface area contributed by atoms with Crippen molar-refractivity contribution in [2.45, 2.75) is 26.1 Å². The minimum atomic E-state index is 0.410. The van der Waals surface area contributed by atoms with Crippen molar-refractivity contribution in [2.24, 2.45) is 0 Å². The first kappa shape index (κ1) is 14.6. The molecule has 3 rings (SSSR count). The van der Waals surface area contributed by atoms with E-state index in [0.29, 0.717) is 5.92 Å². The molecule has 22 heavy (non-hydrogen) atoms. The Balaban J connectivity index is 1.95. The van der Waals surface area contributed by atoms with Crippen molar-refractivity contribution in [3.8, 4) is 0 Å². The predicted molar refractivity (Wildman–Crippen MR) is 94.4 cm³/mol. The molecule has 0 atom stereocenters. The standard InChI is InChI=1S/C19H21BN2/c1-14-7-3-5-9-16(14)18(13-20-19-21-11-12-22-19)17-10-6-4-8-15(17)2/h3-12,18,20H,13H2,1-2H3,(H,21,22). The summed E-state index contributed by atoms with van der Waals surface area (Å²) < 4.78 is 0. The van der Waals surface area contributed by atoms with Crippen LogP contribution in [-0.4, -0.2) is 17.2 Å². The number of aromatic nitrogens is 2. The minimum Gasteiger partial charge on any atom is -0.357 e. The van der Waals surface area contributed by atoms with Crippen LogP contribution in [0.5, 0.6) is 0 Å². The molecule has 1 N–H and O–H groups in total. The van der Waals surface area contributed by atoms with Crippen LogP contribution in [0.3, 0.4) is 0 Å². The number of hydrogen-bond donors (Lipinski definition) is 1. The highest BCUT2D eigenvalue weighted by Gasteiger charge is 2.18. The van der Waals surface area contributed by atoms with Gasteiger partial charge in [-0.05, 0) is 36.1 Å². The molecule has 0 aliphatic rings. The molecule has 3 heteroatoms. The SMILES string of the molecule is Cc1ccccc1C(CBc1ncc[nH]1)c1ccccc1C. The Hall–Kier alpha value is -2.29. The summed E-state index contributed by atoms with van der Waals surface area (Å²) in [5.74, 6) is 0.410. The molecule has 0 radical (unpaired) electrons. The lowest BCUT2D eigenvalue weighted by Gasteiger charge is -2.21. The zero-order valence-corrected chi connectivity index (χ0v) is 13.2. The Kier molecular flexibility index (Phi) is 4.43. The fourth-order valence-electron chi connectivity index (χ4n) is 3.15. The highest BCUT2D eigenvalue weighted by molar-refractivity contribution is 6.51. The molecular weight excluding hydrogens is 267 g/mol. The van der Waals surface area contributed by atoms with Crippen molar-refractivity contribution in [3.63, 3.8) is 0 Å². The van der Waals surface area contributed by atoms with Crippen LogP contribution in [0.2, 0.25) is 6.32 Å². The monoisotopic (exact) mass is 288 g/mol. The average molecular weight is 288 g/mol. The summed E-state index contributed by atoms with van der Waals surface area (Å²) in [7, 11) is 0.959. The third-order valence-electron chi connectivity index (χ3n) is 4.35. The second-order valence-corrected chi connectivity index (χ2v) is 5.84. The van der Waals surface area contributed by atoms with Gasteiger partial charge in [0.15, 0.2) is 0 Å². The summed E-state index contributed by atoms with van der Waals surface area (Å²) in [6.45, 7) is 4.40. The molecule has 0 saturated carbocycles. The summed E-state index contributed by atoms with van der Waals surface area (Å²) in [6.07, 6.45) is 4.78. The van der Waals surface area contributed by atoms with E-state index in [0.717, 1.165) is 19.3 Å². The molecule has 0 aliphatic heterocycles. The second-order valence-electron chi connectivity index (χ2n) is 5.84. The Morgan fingerprint density at radius 2 is 1.55 bits per heavy atom. The predicted octanol–water partition coefficient (Wildman–Crippen LogP) is 3.34. The van der Waals surface area contributed by atoms with Crippen molar-refractivity contribution in [2.75, 3.05) is 0 Å². The molecule has 0 aliphatic carbocycles. The van der Waals surface area contributed by atoms with E-state index in [4.69, 9.17) is 0 Å². The van der Waals surface area contributed by atoms with Gasteiger partial charge < -0.3 is 4.98 Å². The molecule has 2 aromatic carbocycles. The van der Waals surface area contributed by atoms with Gasteiger partial charge in [-0.25, -0.2) is 0 Å². The van der Waals surface area contributed by atoms with Crippen molar-refractivity contribution < 1.29 is 0 Å². The third-order valence-corrected chi connectivity index (χ3v) is 4.35. The molecule has 2 nitrogen and oxygen atoms in total. The normalized spacial score (nSPS) is 10.9. The van der Waals surface area contributed by atoms with E-state index in [2.05, 4.69) is 72.3 Å². The van der Waals surface area contributed by atoms with Crippen LogP contribution < -0.4 is 5.72 Å². The lowest BCUT2D eigenvalue weighted by Crippen LogP contribution is -2.21. The summed E-state index contributed by atoms with van der Waals surface area (Å²) in [4.78, 5) is 7.58. The Bertz CT molecular complexity index is 689. The van der Waals surface area contributed by atoms with Gasteiger partial charge in [0.2, 0.25) is 7.28 Å². The van der Waals surface area contributed by atoms with Gasteiger partial charge in [0, 0.05) is 18.3 Å². The molecule has 1 aromatic heterocycles. The summed E-state index contributed by atoms with van der Waals surface area (Å²) in [5.41, 5.74) is 6.62. The number of H-pyrrole nitrogens is 1. The fourth-order valence-corrected chi connectivity index (χ4v) is 3.15. The number of rotatable bonds is 5. The van der Waals surface area contributed by atoms with Crippen LogP contribution in [0, 0.1) is 13.8 Å². The molecule has 110 valence electrons. The molecule has 0 bridgehead atoms. The van der Waals surface area contributed by atoms with Crippen LogP contribution in [0.1, 0.15) is 28.2 Å². The highest BCUT2D eigenvalue weighted by Crippen LogP contribution is 2.32. The first-order chi connectivity index (χ1) is 10.8. The van der Waals surface area contributed by atoms with E-state index in [1.54, 1.807) is 0 Å². The second kappa shape index (κ2) is 6.65. The topological polar surface area (TPSA) is 28.7 Å². The van der Waals surface area contributed by atoms with Gasteiger partial charge in [-0.3, -0.25) is 4.98 Å². The maximum atomic E-state index is 4.36. The van der Waals surface area contributed by atoms with Gasteiger partial charge >= 0.3 is 0 Å². The molecule has 0 unspecified atom stereocenters. The van der Waals surface area contributed by atoms with Crippen molar-refractivity contribution in [1.82, 2.24) is 9.97 Å². The quantitative estimate of drug-likeness (QED) is 0.717. The van der Waals surface area contributed by atoms with E-state index >= 15 is 0 Å².